The van der Waals surface area contributed by atoms with Crippen molar-refractivity contribution < 1.29 is 31.1 Å². The van der Waals surface area contributed by atoms with E-state index >= 15 is 0 Å². The van der Waals surface area contributed by atoms with E-state index < -0.39 is 47.7 Å². The van der Waals surface area contributed by atoms with E-state index in [-0.39, 0.29) is 9.92 Å². The third kappa shape index (κ3) is 2.08. The van der Waals surface area contributed by atoms with Gasteiger partial charge < -0.3 is 4.90 Å². The molecule has 1 amide bonds. The maximum absolute atomic E-state index is 13.6. The Morgan fingerprint density at radius 2 is 1.67 bits per heavy atom. The molecule has 24 heavy (non-hydrogen) atoms. The molecule has 2 nitrogen and oxygen atoms in total. The van der Waals surface area contributed by atoms with E-state index in [9.17, 15) is 31.1 Å². The number of carbonyl (C=O) groups is 1. The van der Waals surface area contributed by atoms with E-state index in [0.717, 1.165) is 12.1 Å². The molecule has 0 N–H and O–H groups in total. The third-order valence-corrected chi connectivity index (χ3v) is 4.83. The van der Waals surface area contributed by atoms with Crippen molar-refractivity contribution >= 4 is 17.5 Å². The first-order chi connectivity index (χ1) is 11.0. The Kier molecular flexibility index (Phi) is 3.67. The Morgan fingerprint density at radius 1 is 1.08 bits per heavy atom. The predicted octanol–water partition coefficient (Wildman–Crippen LogP) is 4.60. The Hall–Kier alpha value is -1.70. The molecule has 1 aliphatic heterocycles. The summed E-state index contributed by atoms with van der Waals surface area (Å²) < 4.78 is 81.7. The maximum Gasteiger partial charge on any atom is 0.421 e. The van der Waals surface area contributed by atoms with Gasteiger partial charge in [0.15, 0.2) is 0 Å². The van der Waals surface area contributed by atoms with Crippen LogP contribution in [0, 0.1) is 5.92 Å². The molecule has 0 spiro atoms. The second-order valence-corrected chi connectivity index (χ2v) is 6.12. The van der Waals surface area contributed by atoms with E-state index in [1.807, 2.05) is 0 Å². The number of amides is 1. The van der Waals surface area contributed by atoms with Gasteiger partial charge in [-0.3, -0.25) is 4.79 Å². The van der Waals surface area contributed by atoms with Gasteiger partial charge in [0, 0.05) is 5.92 Å². The molecular formula is C15H10ClF6NO. The van der Waals surface area contributed by atoms with Crippen LogP contribution in [0.3, 0.4) is 0 Å². The van der Waals surface area contributed by atoms with Gasteiger partial charge in [-0.25, -0.2) is 0 Å². The summed E-state index contributed by atoms with van der Waals surface area (Å²) in [7, 11) is 0. The molecule has 1 fully saturated rings. The monoisotopic (exact) mass is 369 g/mol. The summed E-state index contributed by atoms with van der Waals surface area (Å²) in [5.41, 5.74) is -4.63. The Labute approximate surface area is 137 Å². The van der Waals surface area contributed by atoms with Crippen LogP contribution in [-0.4, -0.2) is 34.7 Å². The molecule has 1 aromatic rings. The summed E-state index contributed by atoms with van der Waals surface area (Å²) in [5, 5.41) is -0.201. The van der Waals surface area contributed by atoms with E-state index in [2.05, 4.69) is 0 Å². The summed E-state index contributed by atoms with van der Waals surface area (Å²) in [6.45, 7) is 0. The zero-order chi connectivity index (χ0) is 17.9. The number of benzene rings is 1. The lowest BCUT2D eigenvalue weighted by atomic mass is 9.83. The van der Waals surface area contributed by atoms with Crippen molar-refractivity contribution in [2.45, 2.75) is 30.4 Å². The maximum atomic E-state index is 13.6. The van der Waals surface area contributed by atoms with Crippen LogP contribution in [0.25, 0.3) is 0 Å². The summed E-state index contributed by atoms with van der Waals surface area (Å²) in [6.07, 6.45) is -9.68. The molecule has 130 valence electrons. The first-order valence-electron chi connectivity index (χ1n) is 6.91. The van der Waals surface area contributed by atoms with Gasteiger partial charge in [0.1, 0.15) is 0 Å². The SMILES string of the molecule is O=C(c1ccccc1Cl)N1C2C=CC(C2)C1(C(F)(F)F)C(F)(F)F. The number of halogens is 7. The lowest BCUT2D eigenvalue weighted by Gasteiger charge is -2.46. The minimum atomic E-state index is -5.67. The van der Waals surface area contributed by atoms with Crippen molar-refractivity contribution in [1.29, 1.82) is 0 Å². The van der Waals surface area contributed by atoms with Gasteiger partial charge in [0.05, 0.1) is 16.6 Å². The number of likely N-dealkylation sites (tertiary alicyclic amines) is 1. The van der Waals surface area contributed by atoms with Gasteiger partial charge >= 0.3 is 12.4 Å². The number of hydrogen-bond acceptors (Lipinski definition) is 1. The van der Waals surface area contributed by atoms with E-state index in [1.54, 1.807) is 0 Å². The van der Waals surface area contributed by atoms with Crippen molar-refractivity contribution in [3.63, 3.8) is 0 Å². The Bertz CT molecular complexity index is 697. The van der Waals surface area contributed by atoms with Crippen LogP contribution in [0.15, 0.2) is 36.4 Å². The van der Waals surface area contributed by atoms with Crippen molar-refractivity contribution in [2.75, 3.05) is 0 Å². The summed E-state index contributed by atoms with van der Waals surface area (Å²) in [6, 6.07) is 3.82. The lowest BCUT2D eigenvalue weighted by molar-refractivity contribution is -0.336. The molecule has 1 heterocycles. The summed E-state index contributed by atoms with van der Waals surface area (Å²) in [4.78, 5) is 12.5. The normalized spacial score (nSPS) is 25.4. The number of carbonyl (C=O) groups excluding carboxylic acids is 1. The first-order valence-corrected chi connectivity index (χ1v) is 7.29. The molecule has 2 bridgehead atoms. The zero-order valence-electron chi connectivity index (χ0n) is 11.8. The first kappa shape index (κ1) is 17.1. The molecule has 1 saturated heterocycles. The fraction of sp³-hybridized carbons (Fsp3) is 0.400. The summed E-state index contributed by atoms with van der Waals surface area (Å²) >= 11 is 5.79. The molecule has 9 heteroatoms. The predicted molar refractivity (Wildman–Crippen MR) is 73.5 cm³/mol. The number of fused-ring (bicyclic) bond motifs is 2. The lowest BCUT2D eigenvalue weighted by Crippen LogP contribution is -2.70. The fourth-order valence-electron chi connectivity index (χ4n) is 3.55. The largest absolute Gasteiger partial charge is 0.421 e. The highest BCUT2D eigenvalue weighted by Gasteiger charge is 2.81. The summed E-state index contributed by atoms with van der Waals surface area (Å²) in [5.74, 6) is -3.25. The average Bonchev–Trinajstić information content (AvgIpc) is 3.04. The molecule has 2 unspecified atom stereocenters. The van der Waals surface area contributed by atoms with E-state index in [1.165, 1.54) is 24.3 Å². The van der Waals surface area contributed by atoms with Crippen LogP contribution in [0.5, 0.6) is 0 Å². The Balaban J connectivity index is 2.20. The minimum absolute atomic E-state index is 0.0983. The molecule has 3 rings (SSSR count). The van der Waals surface area contributed by atoms with Crippen LogP contribution in [0.4, 0.5) is 26.3 Å². The van der Waals surface area contributed by atoms with Gasteiger partial charge in [-0.05, 0) is 18.6 Å². The smallest absolute Gasteiger partial charge is 0.309 e. The van der Waals surface area contributed by atoms with Crippen LogP contribution < -0.4 is 0 Å². The Morgan fingerprint density at radius 3 is 2.21 bits per heavy atom. The zero-order valence-corrected chi connectivity index (χ0v) is 12.6. The fourth-order valence-corrected chi connectivity index (χ4v) is 3.77. The van der Waals surface area contributed by atoms with Gasteiger partial charge in [0.2, 0.25) is 5.54 Å². The number of alkyl halides is 6. The highest BCUT2D eigenvalue weighted by atomic mass is 35.5. The quantitative estimate of drug-likeness (QED) is 0.523. The average molecular weight is 370 g/mol. The van der Waals surface area contributed by atoms with Crippen molar-refractivity contribution in [1.82, 2.24) is 4.90 Å². The van der Waals surface area contributed by atoms with Crippen molar-refractivity contribution in [3.05, 3.63) is 47.0 Å². The van der Waals surface area contributed by atoms with Gasteiger partial charge in [-0.15, -0.1) is 0 Å². The van der Waals surface area contributed by atoms with Crippen LogP contribution in [0.2, 0.25) is 5.02 Å². The van der Waals surface area contributed by atoms with Gasteiger partial charge in [-0.2, -0.15) is 26.3 Å². The van der Waals surface area contributed by atoms with Crippen LogP contribution in [0.1, 0.15) is 16.8 Å². The standard InChI is InChI=1S/C15H10ClF6NO/c16-11-4-2-1-3-10(11)12(24)23-9-6-5-8(7-9)13(23,14(17,18)19)15(20,21)22/h1-6,8-9H,7H2. The molecule has 0 radical (unpaired) electrons. The topological polar surface area (TPSA) is 20.3 Å². The molecule has 1 aliphatic carbocycles. The van der Waals surface area contributed by atoms with Crippen molar-refractivity contribution in [2.24, 2.45) is 5.92 Å². The minimum Gasteiger partial charge on any atom is -0.309 e. The van der Waals surface area contributed by atoms with Crippen LogP contribution >= 0.6 is 11.6 Å². The molecule has 2 aliphatic rings. The molecule has 1 aromatic carbocycles. The molecule has 0 aromatic heterocycles. The number of nitrogens with zero attached hydrogens (tertiary/aromatic N) is 1. The van der Waals surface area contributed by atoms with E-state index in [0.29, 0.717) is 0 Å². The van der Waals surface area contributed by atoms with Gasteiger partial charge in [-0.1, -0.05) is 35.9 Å². The molecular weight excluding hydrogens is 360 g/mol. The second-order valence-electron chi connectivity index (χ2n) is 5.71. The van der Waals surface area contributed by atoms with Gasteiger partial charge in [0.25, 0.3) is 5.91 Å². The molecule has 0 saturated carbocycles. The molecule has 2 atom stereocenters. The number of rotatable bonds is 1. The third-order valence-electron chi connectivity index (χ3n) is 4.50. The number of hydrogen-bond donors (Lipinski definition) is 0. The van der Waals surface area contributed by atoms with Crippen LogP contribution in [-0.2, 0) is 0 Å². The highest BCUT2D eigenvalue weighted by Crippen LogP contribution is 2.60. The second kappa shape index (κ2) is 5.15. The highest BCUT2D eigenvalue weighted by molar-refractivity contribution is 6.33. The van der Waals surface area contributed by atoms with Crippen molar-refractivity contribution in [3.8, 4) is 0 Å². The van der Waals surface area contributed by atoms with E-state index in [4.69, 9.17) is 11.6 Å².